The van der Waals surface area contributed by atoms with E-state index in [1.165, 1.54) is 10.6 Å². The molecular formula is C14H13N11O3. The van der Waals surface area contributed by atoms with Gasteiger partial charge in [-0.25, -0.2) is 4.98 Å². The van der Waals surface area contributed by atoms with Crippen molar-refractivity contribution in [2.45, 2.75) is 25.8 Å². The molecule has 2 N–H and O–H groups in total. The van der Waals surface area contributed by atoms with Gasteiger partial charge < -0.3 is 0 Å². The van der Waals surface area contributed by atoms with Gasteiger partial charge in [0.25, 0.3) is 5.56 Å². The van der Waals surface area contributed by atoms with Crippen LogP contribution in [0.25, 0.3) is 10.9 Å². The first-order valence-corrected chi connectivity index (χ1v) is 7.96. The molecule has 1 unspecified atom stereocenters. The van der Waals surface area contributed by atoms with Crippen LogP contribution in [0.3, 0.4) is 0 Å². The highest BCUT2D eigenvalue weighted by atomic mass is 16.2. The quantitative estimate of drug-likeness (QED) is 0.455. The number of nitrogens with zero attached hydrogens (tertiary/aromatic N) is 9. The summed E-state index contributed by atoms with van der Waals surface area (Å²) in [6.07, 6.45) is 0.323. The fraction of sp³-hybridized carbons (Fsp3) is 0.286. The first-order valence-electron chi connectivity index (χ1n) is 7.96. The van der Waals surface area contributed by atoms with Crippen LogP contribution in [0.15, 0.2) is 59.4 Å². The summed E-state index contributed by atoms with van der Waals surface area (Å²) in [5, 5.41) is 24.5. The molecule has 2 amide bonds. The molecule has 2 heterocycles. The number of fused-ring (bicyclic) bond motifs is 1. The van der Waals surface area contributed by atoms with Crippen molar-refractivity contribution in [2.24, 2.45) is 36.5 Å². The number of carbonyl (C=O) groups excluding carboxylic acids is 2. The molecule has 1 aromatic carbocycles. The van der Waals surface area contributed by atoms with Crippen LogP contribution in [0.5, 0.6) is 0 Å². The number of aryl methyl sites for hydroxylation is 1. The molecule has 0 bridgehead atoms. The second-order valence-electron chi connectivity index (χ2n) is 5.62. The zero-order chi connectivity index (χ0) is 20.1. The highest BCUT2D eigenvalue weighted by Gasteiger charge is 2.30. The van der Waals surface area contributed by atoms with Gasteiger partial charge in [0.05, 0.1) is 10.9 Å². The summed E-state index contributed by atoms with van der Waals surface area (Å²) in [6.45, 7) is 1.61. The minimum Gasteiger partial charge on any atom is -0.295 e. The summed E-state index contributed by atoms with van der Waals surface area (Å²) in [6, 6.07) is 3.94. The number of piperidine rings is 1. The maximum atomic E-state index is 13.1. The van der Waals surface area contributed by atoms with Crippen molar-refractivity contribution in [3.05, 3.63) is 34.4 Å². The van der Waals surface area contributed by atoms with Gasteiger partial charge >= 0.3 is 0 Å². The topological polar surface area (TPSA) is 191 Å². The molecule has 0 radical (unpaired) electrons. The van der Waals surface area contributed by atoms with E-state index in [0.717, 1.165) is 0 Å². The summed E-state index contributed by atoms with van der Waals surface area (Å²) < 4.78 is 1.24. The van der Waals surface area contributed by atoms with E-state index in [4.69, 9.17) is 5.53 Å². The zero-order valence-corrected chi connectivity index (χ0v) is 14.5. The minimum absolute atomic E-state index is 0.126. The summed E-state index contributed by atoms with van der Waals surface area (Å²) in [7, 11) is 0. The van der Waals surface area contributed by atoms with Crippen LogP contribution in [0.4, 0.5) is 5.69 Å². The predicted octanol–water partition coefficient (Wildman–Crippen LogP) is 2.45. The third kappa shape index (κ3) is 3.69. The Bertz CT molecular complexity index is 1100. The van der Waals surface area contributed by atoms with Crippen LogP contribution in [0, 0.1) is 12.5 Å². The van der Waals surface area contributed by atoms with E-state index in [9.17, 15) is 14.4 Å². The monoisotopic (exact) mass is 383 g/mol. The summed E-state index contributed by atoms with van der Waals surface area (Å²) >= 11 is 0. The Morgan fingerprint density at radius 3 is 2.64 bits per heavy atom. The van der Waals surface area contributed by atoms with Crippen molar-refractivity contribution < 1.29 is 9.59 Å². The van der Waals surface area contributed by atoms with E-state index < -0.39 is 17.5 Å². The lowest BCUT2D eigenvalue weighted by atomic mass is 10.1. The molecule has 1 aliphatic rings. The standard InChI is InChI=1S/C14H13N11O3/c1-7-16-8-3-2-4-9(18-20-22-24-23-21-19-15)12(8)14(28)25(7)10-5-6-11(26)17-13(10)27/h2-4,10,15H,5-6H2,1H3,(H,17,26,27). The summed E-state index contributed by atoms with van der Waals surface area (Å²) in [5.41, 5.74) is 6.44. The van der Waals surface area contributed by atoms with Crippen LogP contribution in [-0.2, 0) is 9.59 Å². The lowest BCUT2D eigenvalue weighted by molar-refractivity contribution is -0.135. The molecule has 1 fully saturated rings. The van der Waals surface area contributed by atoms with Gasteiger partial charge in [-0.3, -0.25) is 24.3 Å². The average molecular weight is 383 g/mol. The number of hydrogen-bond donors (Lipinski definition) is 2. The van der Waals surface area contributed by atoms with Gasteiger partial charge in [-0.15, -0.1) is 5.11 Å². The molecule has 1 saturated heterocycles. The van der Waals surface area contributed by atoms with Crippen LogP contribution >= 0.6 is 0 Å². The molecular weight excluding hydrogens is 370 g/mol. The van der Waals surface area contributed by atoms with E-state index >= 15 is 0 Å². The number of rotatable bonds is 5. The first-order chi connectivity index (χ1) is 13.5. The van der Waals surface area contributed by atoms with E-state index in [-0.39, 0.29) is 29.8 Å². The molecule has 2 aromatic rings. The summed E-state index contributed by atoms with van der Waals surface area (Å²) in [4.78, 5) is 41.1. The lowest BCUT2D eigenvalue weighted by Gasteiger charge is -2.24. The van der Waals surface area contributed by atoms with Crippen molar-refractivity contribution in [1.82, 2.24) is 14.9 Å². The number of amides is 2. The highest BCUT2D eigenvalue weighted by Crippen LogP contribution is 2.25. The van der Waals surface area contributed by atoms with Gasteiger partial charge in [-0.05, 0) is 56.8 Å². The Morgan fingerprint density at radius 2 is 1.89 bits per heavy atom. The first kappa shape index (κ1) is 18.7. The number of hydrogen-bond acceptors (Lipinski definition) is 6. The SMILES string of the molecule is Cc1nc2cccc(N=NN=NN=NN=N)c2c(=O)n1C1CCC(=O)NC1=O. The second kappa shape index (κ2) is 8.07. The third-order valence-electron chi connectivity index (χ3n) is 3.96. The number of benzene rings is 1. The maximum absolute atomic E-state index is 13.1. The molecule has 1 aliphatic heterocycles. The van der Waals surface area contributed by atoms with Gasteiger partial charge in [-0.2, -0.15) is 5.53 Å². The zero-order valence-electron chi connectivity index (χ0n) is 14.5. The van der Waals surface area contributed by atoms with Gasteiger partial charge in [0.1, 0.15) is 17.6 Å². The van der Waals surface area contributed by atoms with Crippen molar-refractivity contribution in [2.75, 3.05) is 0 Å². The average Bonchev–Trinajstić information content (AvgIpc) is 2.66. The number of carbonyl (C=O) groups is 2. The van der Waals surface area contributed by atoms with Crippen molar-refractivity contribution in [1.29, 1.82) is 5.53 Å². The fourth-order valence-corrected chi connectivity index (χ4v) is 2.86. The van der Waals surface area contributed by atoms with E-state index in [1.54, 1.807) is 19.1 Å². The largest absolute Gasteiger partial charge is 0.295 e. The van der Waals surface area contributed by atoms with Gasteiger partial charge in [0.15, 0.2) is 0 Å². The van der Waals surface area contributed by atoms with Gasteiger partial charge in [0.2, 0.25) is 11.8 Å². The second-order valence-corrected chi connectivity index (χ2v) is 5.62. The van der Waals surface area contributed by atoms with Gasteiger partial charge in [0, 0.05) is 6.42 Å². The lowest BCUT2D eigenvalue weighted by Crippen LogP contribution is -2.45. The van der Waals surface area contributed by atoms with Gasteiger partial charge in [-0.1, -0.05) is 6.07 Å². The van der Waals surface area contributed by atoms with Crippen molar-refractivity contribution >= 4 is 28.4 Å². The smallest absolute Gasteiger partial charge is 0.264 e. The molecule has 1 aromatic heterocycles. The molecule has 1 atom stereocenters. The summed E-state index contributed by atoms with van der Waals surface area (Å²) in [5.74, 6) is -0.600. The van der Waals surface area contributed by atoms with E-state index in [2.05, 4.69) is 46.8 Å². The third-order valence-corrected chi connectivity index (χ3v) is 3.96. The van der Waals surface area contributed by atoms with Crippen LogP contribution in [0.1, 0.15) is 24.7 Å². The number of aromatic nitrogens is 2. The van der Waals surface area contributed by atoms with Crippen LogP contribution < -0.4 is 10.9 Å². The molecule has 0 aliphatic carbocycles. The minimum atomic E-state index is -0.846. The molecule has 14 heteroatoms. The molecule has 0 saturated carbocycles. The molecule has 0 spiro atoms. The molecule has 14 nitrogen and oxygen atoms in total. The Balaban J connectivity index is 2.07. The van der Waals surface area contributed by atoms with Crippen molar-refractivity contribution in [3.8, 4) is 0 Å². The van der Waals surface area contributed by atoms with Crippen LogP contribution in [0.2, 0.25) is 0 Å². The van der Waals surface area contributed by atoms with E-state index in [0.29, 0.717) is 11.3 Å². The predicted molar refractivity (Wildman–Crippen MR) is 91.5 cm³/mol. The Hall–Kier alpha value is -4.10. The van der Waals surface area contributed by atoms with Crippen LogP contribution in [-0.4, -0.2) is 21.4 Å². The molecule has 28 heavy (non-hydrogen) atoms. The normalized spacial score (nSPS) is 17.8. The molecule has 142 valence electrons. The fourth-order valence-electron chi connectivity index (χ4n) is 2.86. The Morgan fingerprint density at radius 1 is 1.14 bits per heavy atom. The number of nitrogens with one attached hydrogen (secondary N) is 2. The Kier molecular flexibility index (Phi) is 5.38. The Labute approximate surface area is 155 Å². The molecule has 3 rings (SSSR count). The highest BCUT2D eigenvalue weighted by molar-refractivity contribution is 5.99. The number of imide groups is 1. The maximum Gasteiger partial charge on any atom is 0.264 e. The van der Waals surface area contributed by atoms with Crippen molar-refractivity contribution in [3.63, 3.8) is 0 Å². The van der Waals surface area contributed by atoms with E-state index in [1.807, 2.05) is 0 Å².